The summed E-state index contributed by atoms with van der Waals surface area (Å²) in [5.41, 5.74) is 2.45. The van der Waals surface area contributed by atoms with Gasteiger partial charge in [0.25, 0.3) is 0 Å². The normalized spacial score (nSPS) is 28.4. The largest absolute Gasteiger partial charge is 0.371 e. The standard InChI is InChI=1S/C17H22O/c1-13(2)16-11-9-14(3)18-17(16)12-10-15-7-5-4-6-8-15/h4-8,10,12,14,16-17H,1,9,11H2,2-3H3/b12-10+/t14-,16+,17+/m1/s1. The molecule has 1 heterocycles. The van der Waals surface area contributed by atoms with Gasteiger partial charge in [0.1, 0.15) is 0 Å². The van der Waals surface area contributed by atoms with E-state index in [2.05, 4.69) is 56.8 Å². The average molecular weight is 242 g/mol. The molecule has 1 saturated heterocycles. The van der Waals surface area contributed by atoms with Crippen molar-refractivity contribution in [3.8, 4) is 0 Å². The molecule has 96 valence electrons. The topological polar surface area (TPSA) is 9.23 Å². The number of benzene rings is 1. The zero-order valence-electron chi connectivity index (χ0n) is 11.3. The van der Waals surface area contributed by atoms with E-state index in [1.807, 2.05) is 6.07 Å². The Balaban J connectivity index is 2.09. The van der Waals surface area contributed by atoms with Crippen molar-refractivity contribution in [2.24, 2.45) is 5.92 Å². The molecule has 0 amide bonds. The van der Waals surface area contributed by atoms with Crippen molar-refractivity contribution in [3.05, 3.63) is 54.1 Å². The summed E-state index contributed by atoms with van der Waals surface area (Å²) in [4.78, 5) is 0. The van der Waals surface area contributed by atoms with Gasteiger partial charge in [-0.15, -0.1) is 0 Å². The van der Waals surface area contributed by atoms with Crippen LogP contribution < -0.4 is 0 Å². The van der Waals surface area contributed by atoms with Gasteiger partial charge in [0.2, 0.25) is 0 Å². The van der Waals surface area contributed by atoms with Crippen molar-refractivity contribution in [2.75, 3.05) is 0 Å². The molecule has 1 nitrogen and oxygen atoms in total. The first-order valence-corrected chi connectivity index (χ1v) is 6.71. The van der Waals surface area contributed by atoms with E-state index in [0.29, 0.717) is 12.0 Å². The molecule has 18 heavy (non-hydrogen) atoms. The van der Waals surface area contributed by atoms with E-state index in [-0.39, 0.29) is 6.10 Å². The summed E-state index contributed by atoms with van der Waals surface area (Å²) in [5.74, 6) is 0.459. The van der Waals surface area contributed by atoms with E-state index in [4.69, 9.17) is 4.74 Å². The van der Waals surface area contributed by atoms with E-state index in [0.717, 1.165) is 6.42 Å². The number of hydrogen-bond acceptors (Lipinski definition) is 1. The highest BCUT2D eigenvalue weighted by Crippen LogP contribution is 2.30. The molecule has 1 aromatic rings. The Hall–Kier alpha value is -1.34. The van der Waals surface area contributed by atoms with Gasteiger partial charge in [-0.2, -0.15) is 0 Å². The van der Waals surface area contributed by atoms with Crippen molar-refractivity contribution in [1.29, 1.82) is 0 Å². The monoisotopic (exact) mass is 242 g/mol. The van der Waals surface area contributed by atoms with Crippen LogP contribution in [0.4, 0.5) is 0 Å². The Labute approximate surface area is 110 Å². The zero-order valence-corrected chi connectivity index (χ0v) is 11.3. The molecule has 0 spiro atoms. The van der Waals surface area contributed by atoms with Crippen molar-refractivity contribution in [2.45, 2.75) is 38.9 Å². The minimum Gasteiger partial charge on any atom is -0.371 e. The molecule has 0 radical (unpaired) electrons. The zero-order chi connectivity index (χ0) is 13.0. The van der Waals surface area contributed by atoms with Crippen LogP contribution in [-0.2, 0) is 4.74 Å². The predicted molar refractivity (Wildman–Crippen MR) is 77.3 cm³/mol. The van der Waals surface area contributed by atoms with Crippen LogP contribution in [0.2, 0.25) is 0 Å². The molecule has 1 aromatic carbocycles. The third kappa shape index (κ3) is 3.33. The molecule has 1 heteroatoms. The Morgan fingerprint density at radius 2 is 2.00 bits per heavy atom. The van der Waals surface area contributed by atoms with Crippen molar-refractivity contribution >= 4 is 6.08 Å². The van der Waals surface area contributed by atoms with Crippen LogP contribution in [0.1, 0.15) is 32.3 Å². The van der Waals surface area contributed by atoms with Gasteiger partial charge in [0.15, 0.2) is 0 Å². The van der Waals surface area contributed by atoms with E-state index in [9.17, 15) is 0 Å². The molecule has 0 saturated carbocycles. The second-order valence-corrected chi connectivity index (χ2v) is 5.21. The number of rotatable bonds is 3. The van der Waals surface area contributed by atoms with Crippen LogP contribution in [0.25, 0.3) is 6.08 Å². The fourth-order valence-electron chi connectivity index (χ4n) is 2.49. The lowest BCUT2D eigenvalue weighted by Crippen LogP contribution is -2.32. The van der Waals surface area contributed by atoms with Crippen LogP contribution in [0.3, 0.4) is 0 Å². The quantitative estimate of drug-likeness (QED) is 0.711. The lowest BCUT2D eigenvalue weighted by Gasteiger charge is -2.34. The SMILES string of the molecule is C=C(C)[C@@H]1CC[C@@H](C)O[C@H]1/C=C/c1ccccc1. The van der Waals surface area contributed by atoms with Gasteiger partial charge in [-0.1, -0.05) is 54.6 Å². The maximum absolute atomic E-state index is 6.03. The molecular formula is C17H22O. The lowest BCUT2D eigenvalue weighted by atomic mass is 9.86. The van der Waals surface area contributed by atoms with Gasteiger partial charge in [-0.3, -0.25) is 0 Å². The smallest absolute Gasteiger partial charge is 0.0827 e. The molecule has 0 aromatic heterocycles. The summed E-state index contributed by atoms with van der Waals surface area (Å²) in [6.45, 7) is 8.35. The van der Waals surface area contributed by atoms with Crippen LogP contribution in [0, 0.1) is 5.92 Å². The minimum absolute atomic E-state index is 0.173. The van der Waals surface area contributed by atoms with E-state index >= 15 is 0 Å². The highest BCUT2D eigenvalue weighted by molar-refractivity contribution is 5.49. The van der Waals surface area contributed by atoms with Gasteiger partial charge in [-0.05, 0) is 32.3 Å². The second kappa shape index (κ2) is 6.01. The fourth-order valence-corrected chi connectivity index (χ4v) is 2.49. The molecule has 3 atom stereocenters. The minimum atomic E-state index is 0.173. The maximum atomic E-state index is 6.03. The second-order valence-electron chi connectivity index (χ2n) is 5.21. The Bertz CT molecular complexity index is 418. The Kier molecular flexibility index (Phi) is 4.38. The van der Waals surface area contributed by atoms with Gasteiger partial charge >= 0.3 is 0 Å². The molecular weight excluding hydrogens is 220 g/mol. The average Bonchev–Trinajstić information content (AvgIpc) is 2.37. The van der Waals surface area contributed by atoms with Crippen LogP contribution in [0.15, 0.2) is 48.6 Å². The molecule has 1 aliphatic rings. The maximum Gasteiger partial charge on any atom is 0.0827 e. The molecule has 1 aliphatic heterocycles. The third-order valence-corrected chi connectivity index (χ3v) is 3.58. The van der Waals surface area contributed by atoms with Gasteiger partial charge in [0.05, 0.1) is 12.2 Å². The summed E-state index contributed by atoms with van der Waals surface area (Å²) in [5, 5.41) is 0. The summed E-state index contributed by atoms with van der Waals surface area (Å²) in [6, 6.07) is 10.4. The predicted octanol–water partition coefficient (Wildman–Crippen LogP) is 4.46. The molecule has 1 fully saturated rings. The highest BCUT2D eigenvalue weighted by atomic mass is 16.5. The molecule has 0 aliphatic carbocycles. The van der Waals surface area contributed by atoms with E-state index < -0.39 is 0 Å². The summed E-state index contributed by atoms with van der Waals surface area (Å²) < 4.78 is 6.03. The Morgan fingerprint density at radius 1 is 1.28 bits per heavy atom. The summed E-state index contributed by atoms with van der Waals surface area (Å²) >= 11 is 0. The van der Waals surface area contributed by atoms with Crippen LogP contribution in [-0.4, -0.2) is 12.2 Å². The Morgan fingerprint density at radius 3 is 2.67 bits per heavy atom. The molecule has 0 unspecified atom stereocenters. The molecule has 0 N–H and O–H groups in total. The number of hydrogen-bond donors (Lipinski definition) is 0. The highest BCUT2D eigenvalue weighted by Gasteiger charge is 2.27. The first-order chi connectivity index (χ1) is 8.66. The first kappa shape index (κ1) is 13.1. The third-order valence-electron chi connectivity index (χ3n) is 3.58. The van der Waals surface area contributed by atoms with Crippen molar-refractivity contribution in [3.63, 3.8) is 0 Å². The molecule has 0 bridgehead atoms. The van der Waals surface area contributed by atoms with Crippen molar-refractivity contribution < 1.29 is 4.74 Å². The summed E-state index contributed by atoms with van der Waals surface area (Å²) in [7, 11) is 0. The van der Waals surface area contributed by atoms with Gasteiger partial charge in [0, 0.05) is 5.92 Å². The fraction of sp³-hybridized carbons (Fsp3) is 0.412. The van der Waals surface area contributed by atoms with Gasteiger partial charge < -0.3 is 4.74 Å². The van der Waals surface area contributed by atoms with Crippen LogP contribution >= 0.6 is 0 Å². The number of ether oxygens (including phenoxy) is 1. The lowest BCUT2D eigenvalue weighted by molar-refractivity contribution is -0.0386. The van der Waals surface area contributed by atoms with E-state index in [1.165, 1.54) is 17.6 Å². The van der Waals surface area contributed by atoms with Crippen molar-refractivity contribution in [1.82, 2.24) is 0 Å². The van der Waals surface area contributed by atoms with E-state index in [1.54, 1.807) is 0 Å². The van der Waals surface area contributed by atoms with Gasteiger partial charge in [-0.25, -0.2) is 0 Å². The first-order valence-electron chi connectivity index (χ1n) is 6.71. The molecule has 2 rings (SSSR count). The summed E-state index contributed by atoms with van der Waals surface area (Å²) in [6.07, 6.45) is 7.17. The van der Waals surface area contributed by atoms with Crippen LogP contribution in [0.5, 0.6) is 0 Å².